The normalized spacial score (nSPS) is 11.7. The van der Waals surface area contributed by atoms with Gasteiger partial charge in [-0.05, 0) is 47.2 Å². The summed E-state index contributed by atoms with van der Waals surface area (Å²) >= 11 is 0. The van der Waals surface area contributed by atoms with E-state index in [0.717, 1.165) is 26.9 Å². The van der Waals surface area contributed by atoms with Gasteiger partial charge in [0.05, 0.1) is 17.8 Å². The van der Waals surface area contributed by atoms with E-state index in [9.17, 15) is 9.59 Å². The van der Waals surface area contributed by atoms with Crippen molar-refractivity contribution in [2.24, 2.45) is 7.05 Å². The zero-order valence-electron chi connectivity index (χ0n) is 21.8. The number of H-pyrrole nitrogens is 1. The van der Waals surface area contributed by atoms with Crippen LogP contribution in [-0.4, -0.2) is 29.5 Å². The molecule has 0 spiro atoms. The Balaban J connectivity index is 1.67. The van der Waals surface area contributed by atoms with Crippen LogP contribution in [0.2, 0.25) is 0 Å². The van der Waals surface area contributed by atoms with Gasteiger partial charge in [-0.2, -0.15) is 14.9 Å². The first-order chi connectivity index (χ1) is 18.1. The number of hydrogen-bond acceptors (Lipinski definition) is 6. The van der Waals surface area contributed by atoms with Crippen molar-refractivity contribution in [3.63, 3.8) is 0 Å². The Morgan fingerprint density at radius 2 is 1.87 bits per heavy atom. The molecule has 4 aromatic heterocycles. The minimum Gasteiger partial charge on any atom is -0.336 e. The second-order valence-corrected chi connectivity index (χ2v) is 10.2. The lowest BCUT2D eigenvalue weighted by Crippen LogP contribution is -2.25. The van der Waals surface area contributed by atoms with Crippen molar-refractivity contribution in [1.29, 1.82) is 0 Å². The topological polar surface area (TPSA) is 110 Å². The van der Waals surface area contributed by atoms with Crippen molar-refractivity contribution in [3.8, 4) is 16.9 Å². The summed E-state index contributed by atoms with van der Waals surface area (Å²) < 4.78 is 17.9. The molecule has 0 unspecified atom stereocenters. The molecule has 0 bridgehead atoms. The number of aromatic nitrogens is 6. The molecule has 0 saturated carbocycles. The number of anilines is 2. The van der Waals surface area contributed by atoms with Gasteiger partial charge in [0.1, 0.15) is 17.3 Å². The van der Waals surface area contributed by atoms with Crippen LogP contribution in [0, 0.1) is 5.82 Å². The summed E-state index contributed by atoms with van der Waals surface area (Å²) in [5.41, 5.74) is 2.31. The van der Waals surface area contributed by atoms with Crippen LogP contribution in [-0.2, 0) is 18.9 Å². The number of hydrogen-bond donors (Lipinski definition) is 2. The fraction of sp³-hybridized carbons (Fsp3) is 0.250. The molecule has 0 aliphatic carbocycles. The van der Waals surface area contributed by atoms with Gasteiger partial charge in [0.2, 0.25) is 0 Å². The first-order valence-corrected chi connectivity index (χ1v) is 12.3. The van der Waals surface area contributed by atoms with E-state index >= 15 is 4.39 Å². The van der Waals surface area contributed by atoms with Gasteiger partial charge >= 0.3 is 0 Å². The van der Waals surface area contributed by atoms with Crippen LogP contribution in [0.25, 0.3) is 27.7 Å². The van der Waals surface area contributed by atoms with Crippen LogP contribution in [0.1, 0.15) is 38.8 Å². The third kappa shape index (κ3) is 4.38. The quantitative estimate of drug-likeness (QED) is 0.355. The van der Waals surface area contributed by atoms with Crippen molar-refractivity contribution < 1.29 is 4.39 Å². The molecule has 2 N–H and O–H groups in total. The fourth-order valence-electron chi connectivity index (χ4n) is 4.52. The summed E-state index contributed by atoms with van der Waals surface area (Å²) in [6.45, 7) is 7.90. The van der Waals surface area contributed by atoms with Crippen LogP contribution in [0.5, 0.6) is 0 Å². The summed E-state index contributed by atoms with van der Waals surface area (Å²) in [4.78, 5) is 30.7. The molecule has 0 aliphatic heterocycles. The number of fused-ring (bicyclic) bond motifs is 1. The molecular weight excluding hydrogens is 485 g/mol. The molecule has 38 heavy (non-hydrogen) atoms. The van der Waals surface area contributed by atoms with Gasteiger partial charge < -0.3 is 9.88 Å². The number of pyridine rings is 2. The average Bonchev–Trinajstić information content (AvgIpc) is 3.38. The zero-order chi connectivity index (χ0) is 27.2. The molecule has 0 aliphatic rings. The Hall–Kier alpha value is -4.60. The second-order valence-electron chi connectivity index (χ2n) is 10.2. The summed E-state index contributed by atoms with van der Waals surface area (Å²) in [5.74, 6) is 0.303. The number of nitrogens with zero attached hydrogens (tertiary/aromatic N) is 5. The Kier molecular flexibility index (Phi) is 6.18. The maximum Gasteiger partial charge on any atom is 0.283 e. The summed E-state index contributed by atoms with van der Waals surface area (Å²) in [6, 6.07) is 8.50. The maximum absolute atomic E-state index is 15.2. The minimum absolute atomic E-state index is 0.0320. The van der Waals surface area contributed by atoms with E-state index < -0.39 is 11.4 Å². The van der Waals surface area contributed by atoms with Gasteiger partial charge in [-0.25, -0.2) is 9.37 Å². The van der Waals surface area contributed by atoms with Crippen molar-refractivity contribution in [1.82, 2.24) is 29.5 Å². The van der Waals surface area contributed by atoms with Crippen molar-refractivity contribution in [2.75, 3.05) is 5.32 Å². The Morgan fingerprint density at radius 1 is 1.08 bits per heavy atom. The van der Waals surface area contributed by atoms with Gasteiger partial charge in [0.15, 0.2) is 5.82 Å². The second kappa shape index (κ2) is 9.37. The molecule has 4 heterocycles. The molecule has 9 nitrogen and oxygen atoms in total. The highest BCUT2D eigenvalue weighted by Gasteiger charge is 2.21. The zero-order valence-corrected chi connectivity index (χ0v) is 21.8. The molecule has 0 fully saturated rings. The Morgan fingerprint density at radius 3 is 2.55 bits per heavy atom. The summed E-state index contributed by atoms with van der Waals surface area (Å²) in [5, 5.41) is 14.5. The Bertz CT molecular complexity index is 1780. The first kappa shape index (κ1) is 25.1. The van der Waals surface area contributed by atoms with Crippen LogP contribution in [0.4, 0.5) is 15.9 Å². The molecule has 5 rings (SSSR count). The van der Waals surface area contributed by atoms with Crippen molar-refractivity contribution >= 4 is 22.3 Å². The smallest absolute Gasteiger partial charge is 0.283 e. The first-order valence-electron chi connectivity index (χ1n) is 12.3. The van der Waals surface area contributed by atoms with Gasteiger partial charge in [-0.3, -0.25) is 14.7 Å². The van der Waals surface area contributed by atoms with E-state index in [1.165, 1.54) is 16.8 Å². The highest BCUT2D eigenvalue weighted by atomic mass is 19.1. The highest BCUT2D eigenvalue weighted by molar-refractivity contribution is 5.83. The summed E-state index contributed by atoms with van der Waals surface area (Å²) in [6.07, 6.45) is 6.91. The average molecular weight is 514 g/mol. The van der Waals surface area contributed by atoms with Crippen LogP contribution >= 0.6 is 0 Å². The molecule has 0 amide bonds. The van der Waals surface area contributed by atoms with Crippen LogP contribution in [0.15, 0.2) is 64.7 Å². The van der Waals surface area contributed by atoms with Crippen molar-refractivity contribution in [2.45, 2.75) is 39.5 Å². The van der Waals surface area contributed by atoms with E-state index in [2.05, 4.69) is 25.6 Å². The molecule has 5 aromatic rings. The number of benzene rings is 1. The molecule has 0 atom stereocenters. The van der Waals surface area contributed by atoms with E-state index in [1.54, 1.807) is 43.8 Å². The molecule has 194 valence electrons. The minimum atomic E-state index is -0.588. The number of aryl methyl sites for hydroxylation is 1. The van der Waals surface area contributed by atoms with E-state index in [0.29, 0.717) is 29.1 Å². The van der Waals surface area contributed by atoms with E-state index in [4.69, 9.17) is 0 Å². The molecule has 1 aromatic carbocycles. The third-order valence-electron chi connectivity index (χ3n) is 6.56. The number of rotatable bonds is 5. The molecule has 10 heteroatoms. The molecular formula is C28H28FN7O2. The van der Waals surface area contributed by atoms with E-state index in [-0.39, 0.29) is 16.4 Å². The fourth-order valence-corrected chi connectivity index (χ4v) is 4.52. The van der Waals surface area contributed by atoms with Gasteiger partial charge in [-0.1, -0.05) is 27.7 Å². The van der Waals surface area contributed by atoms with Gasteiger partial charge in [0, 0.05) is 42.0 Å². The Labute approximate surface area is 218 Å². The lowest BCUT2D eigenvalue weighted by molar-refractivity contribution is 0.576. The highest BCUT2D eigenvalue weighted by Crippen LogP contribution is 2.30. The molecule has 0 saturated heterocycles. The number of aromatic amines is 1. The van der Waals surface area contributed by atoms with Crippen LogP contribution in [0.3, 0.4) is 0 Å². The lowest BCUT2D eigenvalue weighted by Gasteiger charge is -2.20. The third-order valence-corrected chi connectivity index (χ3v) is 6.56. The predicted octanol–water partition coefficient (Wildman–Crippen LogP) is 4.61. The molecule has 0 radical (unpaired) electrons. The van der Waals surface area contributed by atoms with Gasteiger partial charge in [0.25, 0.3) is 11.1 Å². The summed E-state index contributed by atoms with van der Waals surface area (Å²) in [7, 11) is 1.67. The van der Waals surface area contributed by atoms with Gasteiger partial charge in [-0.15, -0.1) is 0 Å². The van der Waals surface area contributed by atoms with E-state index in [1.807, 2.05) is 33.8 Å². The number of halogens is 1. The van der Waals surface area contributed by atoms with Crippen molar-refractivity contribution in [3.05, 3.63) is 92.8 Å². The lowest BCUT2D eigenvalue weighted by atomic mass is 9.86. The SMILES string of the molecule is CCc1c(-c2cc(Nc3ccn[nH]3)c(=O)n(C)c2)ccnc1-n1ncc2cc(C(C)(C)C)cc(F)c2c1=O. The van der Waals surface area contributed by atoms with Crippen LogP contribution < -0.4 is 16.4 Å². The number of nitrogens with one attached hydrogen (secondary N) is 2. The predicted molar refractivity (Wildman–Crippen MR) is 146 cm³/mol. The largest absolute Gasteiger partial charge is 0.336 e. The monoisotopic (exact) mass is 513 g/mol. The maximum atomic E-state index is 15.2. The standard InChI is InChI=1S/C28H28FN7O2/c1-6-19-20(17-12-22(26(37)35(5)15-17)33-23-8-10-31-34-23)7-9-30-25(19)36-27(38)24-16(14-32-36)11-18(13-21(24)29)28(2,3)4/h7-15H,6H2,1-5H3,(H2,31,33,34).